The van der Waals surface area contributed by atoms with Crippen LogP contribution in [0.4, 0.5) is 11.6 Å². The van der Waals surface area contributed by atoms with E-state index >= 15 is 0 Å². The lowest BCUT2D eigenvalue weighted by atomic mass is 10.3. The largest absolute Gasteiger partial charge is 0.326 e. The summed E-state index contributed by atoms with van der Waals surface area (Å²) in [5.41, 5.74) is 1.03. The third-order valence-electron chi connectivity index (χ3n) is 2.40. The number of anilines is 2. The average molecular weight is 406 g/mol. The van der Waals surface area contributed by atoms with Crippen LogP contribution in [0, 0.1) is 3.57 Å². The number of hydrogen-bond donors (Lipinski definition) is 1. The zero-order valence-corrected chi connectivity index (χ0v) is 13.4. The Morgan fingerprint density at radius 3 is 2.82 bits per heavy atom. The van der Waals surface area contributed by atoms with E-state index in [1.807, 2.05) is 18.5 Å². The van der Waals surface area contributed by atoms with Gasteiger partial charge in [-0.3, -0.25) is 0 Å². The Morgan fingerprint density at radius 1 is 1.41 bits per heavy atom. The number of imidazole rings is 1. The number of rotatable bonds is 3. The molecule has 0 amide bonds. The van der Waals surface area contributed by atoms with Gasteiger partial charge in [0.25, 0.3) is 0 Å². The predicted molar refractivity (Wildman–Crippen MR) is 82.8 cm³/mol. The molecule has 2 rings (SSSR count). The quantitative estimate of drug-likeness (QED) is 0.757. The fourth-order valence-corrected chi connectivity index (χ4v) is 2.24. The topological polar surface area (TPSA) is 29.9 Å². The van der Waals surface area contributed by atoms with Crippen molar-refractivity contribution in [2.24, 2.45) is 0 Å². The molecule has 0 saturated heterocycles. The van der Waals surface area contributed by atoms with E-state index in [-0.39, 0.29) is 0 Å². The third kappa shape index (κ3) is 3.01. The maximum absolute atomic E-state index is 4.32. The second-order valence-corrected chi connectivity index (χ2v) is 6.02. The molecule has 0 aliphatic heterocycles. The molecule has 0 radical (unpaired) electrons. The smallest absolute Gasteiger partial charge is 0.207 e. The Bertz CT molecular complexity index is 522. The number of hydrogen-bond acceptors (Lipinski definition) is 2. The Morgan fingerprint density at radius 2 is 2.18 bits per heavy atom. The summed E-state index contributed by atoms with van der Waals surface area (Å²) in [6.07, 6.45) is 3.79. The van der Waals surface area contributed by atoms with Gasteiger partial charge in [0.2, 0.25) is 5.95 Å². The number of halogens is 2. The number of nitrogens with zero attached hydrogens (tertiary/aromatic N) is 2. The Kier molecular flexibility index (Phi) is 4.09. The molecule has 0 saturated carbocycles. The van der Waals surface area contributed by atoms with Crippen LogP contribution in [0.5, 0.6) is 0 Å². The highest BCUT2D eigenvalue weighted by atomic mass is 127. The van der Waals surface area contributed by atoms with Gasteiger partial charge in [-0.2, -0.15) is 0 Å². The highest BCUT2D eigenvalue weighted by molar-refractivity contribution is 14.1. The molecule has 17 heavy (non-hydrogen) atoms. The second-order valence-electron chi connectivity index (χ2n) is 4.01. The zero-order valence-electron chi connectivity index (χ0n) is 9.61. The van der Waals surface area contributed by atoms with Crippen molar-refractivity contribution in [3.63, 3.8) is 0 Å². The van der Waals surface area contributed by atoms with Crippen LogP contribution in [-0.2, 0) is 0 Å². The number of benzene rings is 1. The highest BCUT2D eigenvalue weighted by Crippen LogP contribution is 2.25. The van der Waals surface area contributed by atoms with Crippen molar-refractivity contribution in [1.29, 1.82) is 0 Å². The van der Waals surface area contributed by atoms with Crippen molar-refractivity contribution in [2.45, 2.75) is 19.9 Å². The van der Waals surface area contributed by atoms with Gasteiger partial charge in [0.1, 0.15) is 0 Å². The fraction of sp³-hybridized carbons (Fsp3) is 0.250. The predicted octanol–water partition coefficient (Wildman–Crippen LogP) is 4.57. The minimum atomic E-state index is 0.396. The van der Waals surface area contributed by atoms with E-state index in [1.165, 1.54) is 3.57 Å². The summed E-state index contributed by atoms with van der Waals surface area (Å²) in [6.45, 7) is 4.27. The van der Waals surface area contributed by atoms with Gasteiger partial charge >= 0.3 is 0 Å². The van der Waals surface area contributed by atoms with Crippen LogP contribution in [0.25, 0.3) is 0 Å². The molecule has 5 heteroatoms. The average Bonchev–Trinajstić information content (AvgIpc) is 2.72. The van der Waals surface area contributed by atoms with Gasteiger partial charge in [-0.15, -0.1) is 0 Å². The first-order chi connectivity index (χ1) is 8.08. The third-order valence-corrected chi connectivity index (χ3v) is 4.74. The van der Waals surface area contributed by atoms with Crippen LogP contribution in [-0.4, -0.2) is 9.55 Å². The molecule has 0 aliphatic carbocycles. The molecule has 1 heterocycles. The van der Waals surface area contributed by atoms with Gasteiger partial charge in [0.05, 0.1) is 0 Å². The van der Waals surface area contributed by atoms with E-state index in [1.54, 1.807) is 0 Å². The summed E-state index contributed by atoms with van der Waals surface area (Å²) in [7, 11) is 0. The van der Waals surface area contributed by atoms with Crippen molar-refractivity contribution in [2.75, 3.05) is 5.32 Å². The van der Waals surface area contributed by atoms with Gasteiger partial charge in [-0.05, 0) is 70.6 Å². The normalized spacial score (nSPS) is 10.9. The molecule has 1 aromatic heterocycles. The number of nitrogens with one attached hydrogen (secondary N) is 1. The van der Waals surface area contributed by atoms with Crippen LogP contribution >= 0.6 is 38.5 Å². The van der Waals surface area contributed by atoms with Gasteiger partial charge < -0.3 is 9.88 Å². The molecule has 0 atom stereocenters. The van der Waals surface area contributed by atoms with E-state index in [2.05, 4.69) is 79.4 Å². The van der Waals surface area contributed by atoms with Crippen LogP contribution in [0.2, 0.25) is 0 Å². The molecule has 2 aromatic rings. The Hall–Kier alpha value is -0.560. The molecule has 1 aromatic carbocycles. The zero-order chi connectivity index (χ0) is 12.4. The monoisotopic (exact) mass is 405 g/mol. The first-order valence-electron chi connectivity index (χ1n) is 5.33. The molecule has 0 spiro atoms. The van der Waals surface area contributed by atoms with Gasteiger partial charge in [0.15, 0.2) is 0 Å². The van der Waals surface area contributed by atoms with Crippen molar-refractivity contribution < 1.29 is 0 Å². The highest BCUT2D eigenvalue weighted by Gasteiger charge is 2.06. The molecule has 0 bridgehead atoms. The number of aromatic nitrogens is 2. The van der Waals surface area contributed by atoms with E-state index in [9.17, 15) is 0 Å². The standard InChI is InChI=1S/C12H13BrIN3/c1-8(2)17-6-5-15-12(17)16-9-3-4-11(14)10(13)7-9/h3-8H,1-2H3,(H,15,16). The minimum absolute atomic E-state index is 0.396. The maximum atomic E-state index is 4.32. The summed E-state index contributed by atoms with van der Waals surface area (Å²) < 4.78 is 4.39. The van der Waals surface area contributed by atoms with E-state index < -0.39 is 0 Å². The lowest BCUT2D eigenvalue weighted by Crippen LogP contribution is -2.05. The van der Waals surface area contributed by atoms with Crippen LogP contribution < -0.4 is 5.32 Å². The van der Waals surface area contributed by atoms with Gasteiger partial charge in [0, 0.05) is 32.2 Å². The molecule has 1 N–H and O–H groups in total. The van der Waals surface area contributed by atoms with Crippen molar-refractivity contribution in [1.82, 2.24) is 9.55 Å². The molecular weight excluding hydrogens is 393 g/mol. The SMILES string of the molecule is CC(C)n1ccnc1Nc1ccc(I)c(Br)c1. The lowest BCUT2D eigenvalue weighted by Gasteiger charge is -2.13. The van der Waals surface area contributed by atoms with E-state index in [0.717, 1.165) is 16.1 Å². The van der Waals surface area contributed by atoms with Crippen molar-refractivity contribution in [3.8, 4) is 0 Å². The van der Waals surface area contributed by atoms with Crippen LogP contribution in [0.1, 0.15) is 19.9 Å². The summed E-state index contributed by atoms with van der Waals surface area (Å²) in [4.78, 5) is 4.32. The van der Waals surface area contributed by atoms with Crippen molar-refractivity contribution >= 4 is 50.2 Å². The molecular formula is C12H13BrIN3. The van der Waals surface area contributed by atoms with Crippen LogP contribution in [0.3, 0.4) is 0 Å². The molecule has 90 valence electrons. The molecule has 0 aliphatic rings. The van der Waals surface area contributed by atoms with E-state index in [0.29, 0.717) is 6.04 Å². The molecule has 3 nitrogen and oxygen atoms in total. The summed E-state index contributed by atoms with van der Waals surface area (Å²) in [5.74, 6) is 0.869. The van der Waals surface area contributed by atoms with Crippen LogP contribution in [0.15, 0.2) is 35.1 Å². The summed E-state index contributed by atoms with van der Waals surface area (Å²) in [5, 5.41) is 3.32. The van der Waals surface area contributed by atoms with E-state index in [4.69, 9.17) is 0 Å². The second kappa shape index (κ2) is 5.39. The summed E-state index contributed by atoms with van der Waals surface area (Å²) in [6, 6.07) is 6.56. The Balaban J connectivity index is 2.25. The maximum Gasteiger partial charge on any atom is 0.207 e. The molecule has 0 fully saturated rings. The Labute approximate surface area is 123 Å². The molecule has 0 unspecified atom stereocenters. The lowest BCUT2D eigenvalue weighted by molar-refractivity contribution is 0.608. The van der Waals surface area contributed by atoms with Gasteiger partial charge in [-0.25, -0.2) is 4.98 Å². The fourth-order valence-electron chi connectivity index (χ4n) is 1.53. The van der Waals surface area contributed by atoms with Crippen molar-refractivity contribution in [3.05, 3.63) is 38.6 Å². The first kappa shape index (κ1) is 12.9. The first-order valence-corrected chi connectivity index (χ1v) is 7.20. The minimum Gasteiger partial charge on any atom is -0.326 e. The van der Waals surface area contributed by atoms with Gasteiger partial charge in [-0.1, -0.05) is 0 Å². The summed E-state index contributed by atoms with van der Waals surface area (Å²) >= 11 is 5.82.